The van der Waals surface area contributed by atoms with E-state index in [1.807, 2.05) is 0 Å². The molecule has 2 rings (SSSR count). The van der Waals surface area contributed by atoms with Gasteiger partial charge in [-0.3, -0.25) is 5.43 Å². The lowest BCUT2D eigenvalue weighted by atomic mass is 10.2. The monoisotopic (exact) mass is 212 g/mol. The minimum atomic E-state index is 0.410. The highest BCUT2D eigenvalue weighted by atomic mass is 16.5. The van der Waals surface area contributed by atoms with Crippen LogP contribution in [-0.4, -0.2) is 42.7 Å². The van der Waals surface area contributed by atoms with Crippen LogP contribution in [0.5, 0.6) is 0 Å². The second-order valence-corrected chi connectivity index (χ2v) is 4.16. The van der Waals surface area contributed by atoms with E-state index < -0.39 is 0 Å². The van der Waals surface area contributed by atoms with Crippen LogP contribution < -0.4 is 11.3 Å². The molecular weight excluding hydrogens is 192 g/mol. The highest BCUT2D eigenvalue weighted by molar-refractivity contribution is 5.80. The molecule has 2 aliphatic rings. The van der Waals surface area contributed by atoms with Crippen molar-refractivity contribution in [2.24, 2.45) is 10.8 Å². The molecule has 5 nitrogen and oxygen atoms in total. The number of hydrogen-bond donors (Lipinski definition) is 2. The molecule has 1 unspecified atom stereocenters. The predicted octanol–water partition coefficient (Wildman–Crippen LogP) is 0.0789. The van der Waals surface area contributed by atoms with Crippen molar-refractivity contribution in [3.05, 3.63) is 0 Å². The lowest BCUT2D eigenvalue weighted by molar-refractivity contribution is 0.0234. The predicted molar refractivity (Wildman–Crippen MR) is 59.4 cm³/mol. The van der Waals surface area contributed by atoms with Crippen molar-refractivity contribution < 1.29 is 4.74 Å². The Morgan fingerprint density at radius 2 is 2.40 bits per heavy atom. The van der Waals surface area contributed by atoms with Gasteiger partial charge >= 0.3 is 0 Å². The van der Waals surface area contributed by atoms with Gasteiger partial charge in [-0.15, -0.1) is 0 Å². The molecule has 0 aromatic carbocycles. The summed E-state index contributed by atoms with van der Waals surface area (Å²) in [5.41, 5.74) is 2.73. The van der Waals surface area contributed by atoms with E-state index in [0.29, 0.717) is 12.1 Å². The van der Waals surface area contributed by atoms with Gasteiger partial charge in [-0.1, -0.05) is 6.92 Å². The Kier molecular flexibility index (Phi) is 3.43. The Labute approximate surface area is 90.6 Å². The highest BCUT2D eigenvalue weighted by Crippen LogP contribution is 2.24. The van der Waals surface area contributed by atoms with Crippen molar-refractivity contribution >= 4 is 5.96 Å². The van der Waals surface area contributed by atoms with E-state index in [2.05, 4.69) is 22.2 Å². The van der Waals surface area contributed by atoms with Crippen LogP contribution in [0, 0.1) is 0 Å². The molecule has 1 saturated heterocycles. The average Bonchev–Trinajstić information content (AvgIpc) is 3.10. The Bertz CT molecular complexity index is 240. The van der Waals surface area contributed by atoms with Crippen LogP contribution in [0.15, 0.2) is 4.99 Å². The van der Waals surface area contributed by atoms with Crippen molar-refractivity contribution in [1.82, 2.24) is 10.3 Å². The molecule has 0 bridgehead atoms. The van der Waals surface area contributed by atoms with Crippen LogP contribution in [0.25, 0.3) is 0 Å². The van der Waals surface area contributed by atoms with E-state index in [4.69, 9.17) is 10.6 Å². The molecule has 2 fully saturated rings. The summed E-state index contributed by atoms with van der Waals surface area (Å²) in [7, 11) is 0. The lowest BCUT2D eigenvalue weighted by Gasteiger charge is -2.36. The van der Waals surface area contributed by atoms with Gasteiger partial charge in [-0.2, -0.15) is 0 Å². The summed E-state index contributed by atoms with van der Waals surface area (Å²) in [4.78, 5) is 6.82. The summed E-state index contributed by atoms with van der Waals surface area (Å²) in [6, 6.07) is 0.906. The lowest BCUT2D eigenvalue weighted by Crippen LogP contribution is -2.54. The minimum absolute atomic E-state index is 0.410. The van der Waals surface area contributed by atoms with E-state index >= 15 is 0 Å². The van der Waals surface area contributed by atoms with Gasteiger partial charge in [0.05, 0.1) is 25.3 Å². The average molecular weight is 212 g/mol. The molecule has 0 amide bonds. The minimum Gasteiger partial charge on any atom is -0.377 e. The zero-order valence-corrected chi connectivity index (χ0v) is 9.28. The third kappa shape index (κ3) is 2.60. The third-order valence-electron chi connectivity index (χ3n) is 2.95. The van der Waals surface area contributed by atoms with Crippen LogP contribution in [-0.2, 0) is 4.74 Å². The summed E-state index contributed by atoms with van der Waals surface area (Å²) in [6.45, 7) is 4.59. The first-order valence-electron chi connectivity index (χ1n) is 5.74. The van der Waals surface area contributed by atoms with Gasteiger partial charge in [0.15, 0.2) is 0 Å². The summed E-state index contributed by atoms with van der Waals surface area (Å²) < 4.78 is 5.45. The first-order chi connectivity index (χ1) is 7.35. The zero-order valence-electron chi connectivity index (χ0n) is 9.28. The molecule has 86 valence electrons. The van der Waals surface area contributed by atoms with Gasteiger partial charge < -0.3 is 9.64 Å². The molecule has 1 heterocycles. The maximum atomic E-state index is 5.53. The maximum absolute atomic E-state index is 5.53. The number of hydrogen-bond acceptors (Lipinski definition) is 3. The smallest absolute Gasteiger partial charge is 0.209 e. The molecule has 1 aliphatic heterocycles. The molecule has 5 heteroatoms. The Morgan fingerprint density at radius 3 is 3.00 bits per heavy atom. The van der Waals surface area contributed by atoms with Crippen molar-refractivity contribution in [2.75, 3.05) is 19.8 Å². The molecular formula is C10H20N4O. The molecule has 1 saturated carbocycles. The van der Waals surface area contributed by atoms with Gasteiger partial charge in [0.1, 0.15) is 0 Å². The Hall–Kier alpha value is -0.810. The number of ether oxygens (including phenoxy) is 1. The fourth-order valence-corrected chi connectivity index (χ4v) is 1.84. The van der Waals surface area contributed by atoms with Crippen LogP contribution in [0.1, 0.15) is 26.2 Å². The van der Waals surface area contributed by atoms with Crippen molar-refractivity contribution in [3.8, 4) is 0 Å². The fraction of sp³-hybridized carbons (Fsp3) is 0.900. The maximum Gasteiger partial charge on any atom is 0.209 e. The molecule has 1 atom stereocenters. The number of nitrogens with two attached hydrogens (primary N) is 1. The first kappa shape index (κ1) is 10.7. The standard InChI is InChI=1S/C10H20N4O/c1-2-9-7-15-6-5-14(9)10(13-11)12-8-3-4-8/h8-9H,2-7,11H2,1H3,(H,12,13). The largest absolute Gasteiger partial charge is 0.377 e. The second kappa shape index (κ2) is 4.81. The number of nitrogens with one attached hydrogen (secondary N) is 1. The summed E-state index contributed by atoms with van der Waals surface area (Å²) in [6.07, 6.45) is 3.46. The van der Waals surface area contributed by atoms with Crippen LogP contribution in [0.4, 0.5) is 0 Å². The first-order valence-corrected chi connectivity index (χ1v) is 5.74. The zero-order chi connectivity index (χ0) is 10.7. The van der Waals surface area contributed by atoms with Crippen LogP contribution >= 0.6 is 0 Å². The highest BCUT2D eigenvalue weighted by Gasteiger charge is 2.27. The van der Waals surface area contributed by atoms with Crippen LogP contribution in [0.2, 0.25) is 0 Å². The molecule has 0 spiro atoms. The van der Waals surface area contributed by atoms with Gasteiger partial charge in [-0.25, -0.2) is 10.8 Å². The van der Waals surface area contributed by atoms with E-state index in [1.54, 1.807) is 0 Å². The van der Waals surface area contributed by atoms with E-state index in [9.17, 15) is 0 Å². The second-order valence-electron chi connectivity index (χ2n) is 4.16. The quantitative estimate of drug-likeness (QED) is 0.294. The van der Waals surface area contributed by atoms with E-state index in [-0.39, 0.29) is 0 Å². The number of hydrazine groups is 1. The summed E-state index contributed by atoms with van der Waals surface area (Å²) >= 11 is 0. The van der Waals surface area contributed by atoms with Gasteiger partial charge in [-0.05, 0) is 19.3 Å². The summed E-state index contributed by atoms with van der Waals surface area (Å²) in [5.74, 6) is 6.37. The van der Waals surface area contributed by atoms with Crippen molar-refractivity contribution in [1.29, 1.82) is 0 Å². The van der Waals surface area contributed by atoms with Gasteiger partial charge in [0.25, 0.3) is 0 Å². The third-order valence-corrected chi connectivity index (χ3v) is 2.95. The van der Waals surface area contributed by atoms with E-state index in [1.165, 1.54) is 12.8 Å². The van der Waals surface area contributed by atoms with Crippen molar-refractivity contribution in [3.63, 3.8) is 0 Å². The number of nitrogens with zero attached hydrogens (tertiary/aromatic N) is 2. The van der Waals surface area contributed by atoms with Gasteiger partial charge in [0.2, 0.25) is 5.96 Å². The Morgan fingerprint density at radius 1 is 1.60 bits per heavy atom. The molecule has 0 radical (unpaired) electrons. The fourth-order valence-electron chi connectivity index (χ4n) is 1.84. The van der Waals surface area contributed by atoms with Crippen LogP contribution in [0.3, 0.4) is 0 Å². The number of guanidine groups is 1. The van der Waals surface area contributed by atoms with Gasteiger partial charge in [0, 0.05) is 6.54 Å². The SMILES string of the molecule is CCC1COCCN1C(=NC1CC1)NN. The topological polar surface area (TPSA) is 62.9 Å². The number of aliphatic imine (C=N–C) groups is 1. The number of morpholine rings is 1. The molecule has 0 aromatic heterocycles. The summed E-state index contributed by atoms with van der Waals surface area (Å²) in [5, 5.41) is 0. The molecule has 3 N–H and O–H groups in total. The molecule has 0 aromatic rings. The molecule has 1 aliphatic carbocycles. The normalized spacial score (nSPS) is 28.0. The van der Waals surface area contributed by atoms with E-state index in [0.717, 1.165) is 32.1 Å². The van der Waals surface area contributed by atoms with Crippen molar-refractivity contribution in [2.45, 2.75) is 38.3 Å². The Balaban J connectivity index is 2.03. The molecule has 15 heavy (non-hydrogen) atoms. The number of rotatable bonds is 2.